The van der Waals surface area contributed by atoms with E-state index in [0.717, 1.165) is 25.7 Å². The number of hydrogen-bond acceptors (Lipinski definition) is 3. The van der Waals surface area contributed by atoms with Gasteiger partial charge in [0.15, 0.2) is 6.61 Å². The minimum Gasteiger partial charge on any atom is -0.468 e. The van der Waals surface area contributed by atoms with Crippen molar-refractivity contribution in [2.45, 2.75) is 51.2 Å². The van der Waals surface area contributed by atoms with Crippen LogP contribution in [0.25, 0.3) is 0 Å². The van der Waals surface area contributed by atoms with E-state index >= 15 is 0 Å². The molecule has 1 N–H and O–H groups in total. The van der Waals surface area contributed by atoms with Crippen LogP contribution in [-0.2, 0) is 11.3 Å². The van der Waals surface area contributed by atoms with Crippen LogP contribution in [0, 0.1) is 5.92 Å². The van der Waals surface area contributed by atoms with Gasteiger partial charge >= 0.3 is 6.18 Å². The normalized spacial score (nSPS) is 16.1. The van der Waals surface area contributed by atoms with Crippen LogP contribution in [0.2, 0.25) is 0 Å². The summed E-state index contributed by atoms with van der Waals surface area (Å²) in [6, 6.07) is 3.20. The maximum absolute atomic E-state index is 12.2. The van der Waals surface area contributed by atoms with Gasteiger partial charge in [0.05, 0.1) is 0 Å². The first-order valence-electron chi connectivity index (χ1n) is 7.84. The minimum absolute atomic E-state index is 0.0810. The van der Waals surface area contributed by atoms with E-state index < -0.39 is 12.8 Å². The molecule has 0 aromatic carbocycles. The zero-order valence-corrected chi connectivity index (χ0v) is 12.9. The van der Waals surface area contributed by atoms with Crippen molar-refractivity contribution in [3.8, 4) is 5.88 Å². The fourth-order valence-electron chi connectivity index (χ4n) is 2.76. The highest BCUT2D eigenvalue weighted by molar-refractivity contribution is 5.76. The lowest BCUT2D eigenvalue weighted by Crippen LogP contribution is -2.26. The third-order valence-electron chi connectivity index (χ3n) is 3.90. The summed E-state index contributed by atoms with van der Waals surface area (Å²) in [6.07, 6.45) is 3.11. The Labute approximate surface area is 133 Å². The predicted octanol–water partition coefficient (Wildman–Crippen LogP) is 3.61. The van der Waals surface area contributed by atoms with E-state index in [1.807, 2.05) is 0 Å². The van der Waals surface area contributed by atoms with Crippen LogP contribution in [0.3, 0.4) is 0 Å². The molecule has 4 nitrogen and oxygen atoms in total. The number of nitrogens with zero attached hydrogens (tertiary/aromatic N) is 1. The maximum atomic E-state index is 12.2. The summed E-state index contributed by atoms with van der Waals surface area (Å²) in [5, 5.41) is 2.74. The van der Waals surface area contributed by atoms with Crippen LogP contribution < -0.4 is 10.1 Å². The van der Waals surface area contributed by atoms with Gasteiger partial charge in [-0.1, -0.05) is 25.3 Å². The molecule has 1 saturated carbocycles. The second-order valence-electron chi connectivity index (χ2n) is 5.86. The summed E-state index contributed by atoms with van der Waals surface area (Å²) in [5.41, 5.74) is 0.439. The molecular formula is C16H21F3N2O2. The molecule has 0 saturated heterocycles. The standard InChI is InChI=1S/C16H21F3N2O2/c17-16(18,19)11-23-15-13(7-4-8-20-15)10-21-14(22)9-12-5-2-1-3-6-12/h4,7-8,12H,1-3,5-6,9-11H2,(H,21,22). The molecule has 1 aliphatic rings. The number of halogens is 3. The van der Waals surface area contributed by atoms with Gasteiger partial charge in [-0.25, -0.2) is 4.98 Å². The van der Waals surface area contributed by atoms with Crippen molar-refractivity contribution < 1.29 is 22.7 Å². The summed E-state index contributed by atoms with van der Waals surface area (Å²) >= 11 is 0. The van der Waals surface area contributed by atoms with Gasteiger partial charge < -0.3 is 10.1 Å². The largest absolute Gasteiger partial charge is 0.468 e. The number of alkyl halides is 3. The van der Waals surface area contributed by atoms with E-state index in [4.69, 9.17) is 4.74 Å². The van der Waals surface area contributed by atoms with Crippen molar-refractivity contribution in [1.82, 2.24) is 10.3 Å². The topological polar surface area (TPSA) is 51.2 Å². The fraction of sp³-hybridized carbons (Fsp3) is 0.625. The smallest absolute Gasteiger partial charge is 0.422 e. The third kappa shape index (κ3) is 6.46. The SMILES string of the molecule is O=C(CC1CCCCC1)NCc1cccnc1OCC(F)(F)F. The molecule has 128 valence electrons. The summed E-state index contributed by atoms with van der Waals surface area (Å²) in [7, 11) is 0. The molecule has 1 aromatic rings. The highest BCUT2D eigenvalue weighted by atomic mass is 19.4. The molecule has 1 aromatic heterocycles. The number of pyridine rings is 1. The molecule has 0 spiro atoms. The summed E-state index contributed by atoms with van der Waals surface area (Å²) in [6.45, 7) is -1.28. The molecule has 23 heavy (non-hydrogen) atoms. The van der Waals surface area contributed by atoms with Gasteiger partial charge in [0.1, 0.15) is 0 Å². The molecule has 0 unspecified atom stereocenters. The number of aromatic nitrogens is 1. The molecule has 1 amide bonds. The van der Waals surface area contributed by atoms with Crippen molar-refractivity contribution in [2.24, 2.45) is 5.92 Å². The van der Waals surface area contributed by atoms with Gasteiger partial charge in [-0.05, 0) is 24.8 Å². The van der Waals surface area contributed by atoms with Gasteiger partial charge in [0, 0.05) is 24.7 Å². The van der Waals surface area contributed by atoms with Crippen molar-refractivity contribution in [3.63, 3.8) is 0 Å². The number of ether oxygens (including phenoxy) is 1. The average Bonchev–Trinajstić information content (AvgIpc) is 2.52. The lowest BCUT2D eigenvalue weighted by Gasteiger charge is -2.21. The maximum Gasteiger partial charge on any atom is 0.422 e. The van der Waals surface area contributed by atoms with Crippen molar-refractivity contribution in [1.29, 1.82) is 0 Å². The lowest BCUT2D eigenvalue weighted by atomic mass is 9.87. The van der Waals surface area contributed by atoms with Crippen LogP contribution in [0.15, 0.2) is 18.3 Å². The highest BCUT2D eigenvalue weighted by Crippen LogP contribution is 2.26. The second-order valence-corrected chi connectivity index (χ2v) is 5.86. The summed E-state index contributed by atoms with van der Waals surface area (Å²) in [5.74, 6) is 0.240. The second kappa shape index (κ2) is 8.17. The molecular weight excluding hydrogens is 309 g/mol. The Morgan fingerprint density at radius 2 is 2.04 bits per heavy atom. The predicted molar refractivity (Wildman–Crippen MR) is 78.8 cm³/mol. The molecule has 7 heteroatoms. The van der Waals surface area contributed by atoms with Crippen molar-refractivity contribution in [2.75, 3.05) is 6.61 Å². The fourth-order valence-corrected chi connectivity index (χ4v) is 2.76. The molecule has 2 rings (SSSR count). The Morgan fingerprint density at radius 1 is 1.30 bits per heavy atom. The van der Waals surface area contributed by atoms with Crippen molar-refractivity contribution in [3.05, 3.63) is 23.9 Å². The molecule has 0 aliphatic heterocycles. The zero-order chi connectivity index (χ0) is 16.7. The van der Waals surface area contributed by atoms with E-state index in [1.54, 1.807) is 12.1 Å². The Bertz CT molecular complexity index is 514. The molecule has 1 fully saturated rings. The number of carbonyl (C=O) groups excluding carboxylic acids is 1. The molecule has 1 heterocycles. The van der Waals surface area contributed by atoms with E-state index in [1.165, 1.54) is 12.6 Å². The van der Waals surface area contributed by atoms with Gasteiger partial charge in [-0.15, -0.1) is 0 Å². The van der Waals surface area contributed by atoms with Crippen LogP contribution >= 0.6 is 0 Å². The summed E-state index contributed by atoms with van der Waals surface area (Å²) < 4.78 is 41.4. The van der Waals surface area contributed by atoms with Crippen LogP contribution in [0.4, 0.5) is 13.2 Å². The van der Waals surface area contributed by atoms with E-state index in [0.29, 0.717) is 17.9 Å². The first-order chi connectivity index (χ1) is 10.9. The zero-order valence-electron chi connectivity index (χ0n) is 12.9. The van der Waals surface area contributed by atoms with Crippen LogP contribution in [0.1, 0.15) is 44.1 Å². The Hall–Kier alpha value is -1.79. The number of amides is 1. The molecule has 0 atom stereocenters. The first-order valence-corrected chi connectivity index (χ1v) is 7.84. The summed E-state index contributed by atoms with van der Waals surface area (Å²) in [4.78, 5) is 15.8. The molecule has 1 aliphatic carbocycles. The van der Waals surface area contributed by atoms with Crippen molar-refractivity contribution >= 4 is 5.91 Å². The van der Waals surface area contributed by atoms with Crippen LogP contribution in [0.5, 0.6) is 5.88 Å². The van der Waals surface area contributed by atoms with Gasteiger partial charge in [-0.3, -0.25) is 4.79 Å². The number of carbonyl (C=O) groups is 1. The molecule has 0 bridgehead atoms. The Morgan fingerprint density at radius 3 is 2.74 bits per heavy atom. The van der Waals surface area contributed by atoms with Crippen LogP contribution in [-0.4, -0.2) is 23.7 Å². The minimum atomic E-state index is -4.42. The third-order valence-corrected chi connectivity index (χ3v) is 3.90. The first kappa shape index (κ1) is 17.6. The number of hydrogen-bond donors (Lipinski definition) is 1. The van der Waals surface area contributed by atoms with Gasteiger partial charge in [0.25, 0.3) is 0 Å². The monoisotopic (exact) mass is 330 g/mol. The quantitative estimate of drug-likeness (QED) is 0.867. The lowest BCUT2D eigenvalue weighted by molar-refractivity contribution is -0.154. The van der Waals surface area contributed by atoms with E-state index in [-0.39, 0.29) is 18.3 Å². The Balaban J connectivity index is 1.83. The highest BCUT2D eigenvalue weighted by Gasteiger charge is 2.29. The molecule has 0 radical (unpaired) electrons. The van der Waals surface area contributed by atoms with Gasteiger partial charge in [0.2, 0.25) is 11.8 Å². The average molecular weight is 330 g/mol. The van der Waals surface area contributed by atoms with Gasteiger partial charge in [-0.2, -0.15) is 13.2 Å². The van der Waals surface area contributed by atoms with E-state index in [9.17, 15) is 18.0 Å². The number of nitrogens with one attached hydrogen (secondary N) is 1. The Kier molecular flexibility index (Phi) is 6.24. The van der Waals surface area contributed by atoms with E-state index in [2.05, 4.69) is 10.3 Å². The number of rotatable bonds is 6.